The van der Waals surface area contributed by atoms with Gasteiger partial charge in [-0.2, -0.15) is 0 Å². The molecule has 1 saturated heterocycles. The molecule has 5 nitrogen and oxygen atoms in total. The Labute approximate surface area is 140 Å². The van der Waals surface area contributed by atoms with Crippen LogP contribution in [0, 0.1) is 0 Å². The predicted octanol–water partition coefficient (Wildman–Crippen LogP) is 2.18. The lowest BCUT2D eigenvalue weighted by Gasteiger charge is -2.24. The Kier molecular flexibility index (Phi) is 11.5. The zero-order valence-corrected chi connectivity index (χ0v) is 14.2. The highest BCUT2D eigenvalue weighted by Crippen LogP contribution is 2.20. The Bertz CT molecular complexity index is 297. The fourth-order valence-electron chi connectivity index (χ4n) is 2.89. The van der Waals surface area contributed by atoms with Crippen LogP contribution in [0.2, 0.25) is 0 Å². The molecule has 0 unspecified atom stereocenters. The molecule has 0 aromatic rings. The van der Waals surface area contributed by atoms with Crippen molar-refractivity contribution < 1.29 is 24.8 Å². The predicted molar refractivity (Wildman–Crippen MR) is 90.3 cm³/mol. The summed E-state index contributed by atoms with van der Waals surface area (Å²) < 4.78 is 10.9. The summed E-state index contributed by atoms with van der Waals surface area (Å²) in [4.78, 5) is 0. The van der Waals surface area contributed by atoms with Crippen molar-refractivity contribution in [1.82, 2.24) is 0 Å². The largest absolute Gasteiger partial charge is 0.394 e. The van der Waals surface area contributed by atoms with Crippen molar-refractivity contribution in [1.29, 1.82) is 0 Å². The van der Waals surface area contributed by atoms with E-state index >= 15 is 0 Å². The molecule has 1 heterocycles. The van der Waals surface area contributed by atoms with E-state index in [0.717, 1.165) is 19.3 Å². The van der Waals surface area contributed by atoms with Gasteiger partial charge in [0.2, 0.25) is 0 Å². The van der Waals surface area contributed by atoms with Gasteiger partial charge < -0.3 is 24.8 Å². The molecule has 1 aliphatic heterocycles. The lowest BCUT2D eigenvalue weighted by atomic mass is 10.1. The van der Waals surface area contributed by atoms with Gasteiger partial charge >= 0.3 is 0 Å². The first-order valence-corrected chi connectivity index (χ1v) is 9.01. The molecule has 0 aromatic carbocycles. The van der Waals surface area contributed by atoms with Crippen LogP contribution in [-0.2, 0) is 9.47 Å². The van der Waals surface area contributed by atoms with Gasteiger partial charge in [-0.3, -0.25) is 0 Å². The fourth-order valence-corrected chi connectivity index (χ4v) is 2.89. The number of unbranched alkanes of at least 4 members (excludes halogenated alkanes) is 8. The molecule has 0 bridgehead atoms. The molecule has 0 aromatic heterocycles. The number of allylic oxidation sites excluding steroid dienone is 1. The number of aliphatic hydroxyl groups is 3. The van der Waals surface area contributed by atoms with Gasteiger partial charge in [-0.25, -0.2) is 0 Å². The fraction of sp³-hybridized carbons (Fsp3) is 0.889. The summed E-state index contributed by atoms with van der Waals surface area (Å²) in [6.07, 6.45) is 9.70. The van der Waals surface area contributed by atoms with Crippen molar-refractivity contribution in [2.24, 2.45) is 0 Å². The Morgan fingerprint density at radius 3 is 2.17 bits per heavy atom. The van der Waals surface area contributed by atoms with E-state index < -0.39 is 24.4 Å². The topological polar surface area (TPSA) is 79.2 Å². The van der Waals surface area contributed by atoms with Crippen LogP contribution in [0.4, 0.5) is 0 Å². The molecule has 5 heteroatoms. The van der Waals surface area contributed by atoms with Gasteiger partial charge in [0, 0.05) is 6.61 Å². The minimum absolute atomic E-state index is 0.0957. The monoisotopic (exact) mass is 330 g/mol. The van der Waals surface area contributed by atoms with Gasteiger partial charge in [-0.1, -0.05) is 44.6 Å². The van der Waals surface area contributed by atoms with Crippen molar-refractivity contribution >= 4 is 0 Å². The molecule has 3 N–H and O–H groups in total. The van der Waals surface area contributed by atoms with E-state index in [1.165, 1.54) is 38.5 Å². The van der Waals surface area contributed by atoms with Crippen LogP contribution in [0.1, 0.15) is 57.8 Å². The molecule has 0 amide bonds. The molecule has 0 saturated carbocycles. The molecule has 0 radical (unpaired) electrons. The Morgan fingerprint density at radius 2 is 1.65 bits per heavy atom. The quantitative estimate of drug-likeness (QED) is 0.336. The van der Waals surface area contributed by atoms with Crippen LogP contribution in [0.15, 0.2) is 12.7 Å². The molecular weight excluding hydrogens is 296 g/mol. The third-order valence-electron chi connectivity index (χ3n) is 4.37. The highest BCUT2D eigenvalue weighted by atomic mass is 16.6. The van der Waals surface area contributed by atoms with Crippen LogP contribution in [0.25, 0.3) is 0 Å². The molecule has 136 valence electrons. The van der Waals surface area contributed by atoms with Gasteiger partial charge in [0.1, 0.15) is 24.4 Å². The third kappa shape index (κ3) is 8.27. The van der Waals surface area contributed by atoms with E-state index in [0.29, 0.717) is 6.61 Å². The Hall–Kier alpha value is -0.460. The molecular formula is C18H34O5. The number of aliphatic hydroxyl groups excluding tert-OH is 3. The van der Waals surface area contributed by atoms with Crippen molar-refractivity contribution in [2.75, 3.05) is 19.8 Å². The van der Waals surface area contributed by atoms with Crippen LogP contribution < -0.4 is 0 Å². The Morgan fingerprint density at radius 1 is 1.04 bits per heavy atom. The van der Waals surface area contributed by atoms with Crippen LogP contribution >= 0.6 is 0 Å². The number of rotatable bonds is 14. The van der Waals surface area contributed by atoms with E-state index in [-0.39, 0.29) is 13.2 Å². The van der Waals surface area contributed by atoms with Gasteiger partial charge in [0.05, 0.1) is 13.2 Å². The smallest absolute Gasteiger partial charge is 0.114 e. The van der Waals surface area contributed by atoms with E-state index in [1.807, 2.05) is 6.08 Å². The third-order valence-corrected chi connectivity index (χ3v) is 4.37. The lowest BCUT2D eigenvalue weighted by Crippen LogP contribution is -2.42. The van der Waals surface area contributed by atoms with Gasteiger partial charge in [-0.05, 0) is 19.3 Å². The summed E-state index contributed by atoms with van der Waals surface area (Å²) in [7, 11) is 0. The van der Waals surface area contributed by atoms with Crippen LogP contribution in [-0.4, -0.2) is 59.6 Å². The summed E-state index contributed by atoms with van der Waals surface area (Å²) in [6.45, 7) is 4.16. The van der Waals surface area contributed by atoms with Crippen LogP contribution in [0.3, 0.4) is 0 Å². The molecule has 1 fully saturated rings. The second-order valence-electron chi connectivity index (χ2n) is 6.35. The van der Waals surface area contributed by atoms with Gasteiger partial charge in [-0.15, -0.1) is 6.58 Å². The van der Waals surface area contributed by atoms with Gasteiger partial charge in [0.15, 0.2) is 0 Å². The number of hydrogen-bond acceptors (Lipinski definition) is 5. The zero-order chi connectivity index (χ0) is 16.9. The molecule has 23 heavy (non-hydrogen) atoms. The summed E-state index contributed by atoms with van der Waals surface area (Å²) in [6, 6.07) is 0. The van der Waals surface area contributed by atoms with Crippen molar-refractivity contribution in [3.05, 3.63) is 12.7 Å². The standard InChI is InChI=1S/C18H34O5/c1-2-3-4-5-6-7-8-9-10-11-12-22-16(13-19)18-17(21)15(20)14-23-18/h2,15-21H,1,3-14H2/t15-,16+,17-,18-/m1/s1. The normalized spacial score (nSPS) is 25.6. The van der Waals surface area contributed by atoms with Crippen molar-refractivity contribution in [3.63, 3.8) is 0 Å². The second kappa shape index (κ2) is 12.9. The molecule has 1 rings (SSSR count). The molecule has 0 spiro atoms. The average Bonchev–Trinajstić information content (AvgIpc) is 2.88. The molecule has 1 aliphatic rings. The first-order valence-electron chi connectivity index (χ1n) is 9.01. The zero-order valence-electron chi connectivity index (χ0n) is 14.2. The van der Waals surface area contributed by atoms with E-state index in [4.69, 9.17) is 9.47 Å². The van der Waals surface area contributed by atoms with E-state index in [2.05, 4.69) is 6.58 Å². The summed E-state index contributed by atoms with van der Waals surface area (Å²) >= 11 is 0. The average molecular weight is 330 g/mol. The minimum Gasteiger partial charge on any atom is -0.394 e. The number of hydrogen-bond donors (Lipinski definition) is 3. The van der Waals surface area contributed by atoms with E-state index in [9.17, 15) is 15.3 Å². The van der Waals surface area contributed by atoms with Crippen molar-refractivity contribution in [2.45, 2.75) is 82.2 Å². The second-order valence-corrected chi connectivity index (χ2v) is 6.35. The Balaban J connectivity index is 1.96. The maximum atomic E-state index is 9.76. The minimum atomic E-state index is -0.978. The van der Waals surface area contributed by atoms with Crippen molar-refractivity contribution in [3.8, 4) is 0 Å². The summed E-state index contributed by atoms with van der Waals surface area (Å²) in [5, 5.41) is 28.6. The first kappa shape index (κ1) is 20.6. The first-order chi connectivity index (χ1) is 11.2. The summed E-state index contributed by atoms with van der Waals surface area (Å²) in [5.41, 5.74) is 0. The van der Waals surface area contributed by atoms with Crippen LogP contribution in [0.5, 0.6) is 0 Å². The highest BCUT2D eigenvalue weighted by Gasteiger charge is 2.40. The lowest BCUT2D eigenvalue weighted by molar-refractivity contribution is -0.101. The SMILES string of the molecule is C=CCCCCCCCCCCO[C@@H](CO)[C@H]1OC[C@@H](O)[C@H]1O. The highest BCUT2D eigenvalue weighted by molar-refractivity contribution is 4.88. The molecule has 4 atom stereocenters. The molecule has 0 aliphatic carbocycles. The number of ether oxygens (including phenoxy) is 2. The van der Waals surface area contributed by atoms with Gasteiger partial charge in [0.25, 0.3) is 0 Å². The van der Waals surface area contributed by atoms with E-state index in [1.54, 1.807) is 0 Å². The maximum Gasteiger partial charge on any atom is 0.114 e. The summed E-state index contributed by atoms with van der Waals surface area (Å²) in [5.74, 6) is 0. The maximum absolute atomic E-state index is 9.76.